The summed E-state index contributed by atoms with van der Waals surface area (Å²) in [6, 6.07) is 18.7. The van der Waals surface area contributed by atoms with E-state index in [1.54, 1.807) is 17.0 Å². The summed E-state index contributed by atoms with van der Waals surface area (Å²) in [5, 5.41) is 10.2. The quantitative estimate of drug-likeness (QED) is 0.593. The molecule has 4 rings (SSSR count). The van der Waals surface area contributed by atoms with Gasteiger partial charge in [0.05, 0.1) is 17.1 Å². The molecule has 1 heterocycles. The van der Waals surface area contributed by atoms with Crippen molar-refractivity contribution in [2.24, 2.45) is 0 Å². The third-order valence-electron chi connectivity index (χ3n) is 5.03. The molecule has 0 aliphatic carbocycles. The van der Waals surface area contributed by atoms with Crippen molar-refractivity contribution in [1.29, 1.82) is 0 Å². The van der Waals surface area contributed by atoms with Gasteiger partial charge in [-0.2, -0.15) is 0 Å². The molecule has 0 radical (unpaired) electrons. The van der Waals surface area contributed by atoms with Crippen molar-refractivity contribution in [3.63, 3.8) is 0 Å². The predicted molar refractivity (Wildman–Crippen MR) is 114 cm³/mol. The average molecular weight is 393 g/mol. The zero-order valence-corrected chi connectivity index (χ0v) is 16.6. The van der Waals surface area contributed by atoms with Crippen LogP contribution < -0.4 is 9.80 Å². The summed E-state index contributed by atoms with van der Waals surface area (Å²) in [6.45, 7) is 4.56. The molecule has 28 heavy (non-hydrogen) atoms. The van der Waals surface area contributed by atoms with Crippen LogP contribution in [-0.2, 0) is 4.79 Å². The lowest BCUT2D eigenvalue weighted by Crippen LogP contribution is -2.26. The summed E-state index contributed by atoms with van der Waals surface area (Å²) in [7, 11) is 0. The summed E-state index contributed by atoms with van der Waals surface area (Å²) in [4.78, 5) is 17.1. The minimum absolute atomic E-state index is 0.0403. The largest absolute Gasteiger partial charge is 0.508 e. The fraction of sp³-hybridized carbons (Fsp3) is 0.174. The molecular weight excluding hydrogens is 372 g/mol. The molecular formula is C23H21ClN2O2. The fourth-order valence-corrected chi connectivity index (χ4v) is 3.77. The molecule has 0 unspecified atom stereocenters. The number of aryl methyl sites for hydroxylation is 2. The second-order valence-electron chi connectivity index (χ2n) is 7.07. The highest BCUT2D eigenvalue weighted by atomic mass is 35.5. The van der Waals surface area contributed by atoms with Crippen LogP contribution in [0.5, 0.6) is 5.75 Å². The number of amides is 1. The summed E-state index contributed by atoms with van der Waals surface area (Å²) in [5.74, 6) is 0.247. The van der Waals surface area contributed by atoms with Crippen molar-refractivity contribution >= 4 is 40.3 Å². The number of halogens is 1. The smallest absolute Gasteiger partial charge is 0.233 e. The molecule has 4 nitrogen and oxygen atoms in total. The maximum atomic E-state index is 13.2. The summed E-state index contributed by atoms with van der Waals surface area (Å²) in [6.07, 6.45) is 0.362. The molecule has 3 aromatic rings. The number of phenolic OH excluding ortho intramolecular Hbond substituents is 1. The molecule has 3 aromatic carbocycles. The number of hydrogen-bond donors (Lipinski definition) is 1. The first-order valence-corrected chi connectivity index (χ1v) is 9.58. The van der Waals surface area contributed by atoms with Gasteiger partial charge in [-0.05, 0) is 73.5 Å². The van der Waals surface area contributed by atoms with Gasteiger partial charge in [-0.1, -0.05) is 23.7 Å². The summed E-state index contributed by atoms with van der Waals surface area (Å²) < 4.78 is 0. The van der Waals surface area contributed by atoms with Crippen molar-refractivity contribution in [3.8, 4) is 5.75 Å². The van der Waals surface area contributed by atoms with Crippen LogP contribution in [0.25, 0.3) is 0 Å². The number of carbonyl (C=O) groups is 1. The molecule has 1 amide bonds. The van der Waals surface area contributed by atoms with Crippen LogP contribution in [0, 0.1) is 13.8 Å². The number of aromatic hydroxyl groups is 1. The fourth-order valence-electron chi connectivity index (χ4n) is 3.60. The molecule has 0 saturated carbocycles. The highest BCUT2D eigenvalue weighted by Gasteiger charge is 2.29. The number of hydrogen-bond acceptors (Lipinski definition) is 3. The number of rotatable bonds is 2. The Morgan fingerprint density at radius 2 is 1.64 bits per heavy atom. The highest BCUT2D eigenvalue weighted by molar-refractivity contribution is 6.31. The van der Waals surface area contributed by atoms with Gasteiger partial charge in [0.15, 0.2) is 0 Å². The highest BCUT2D eigenvalue weighted by Crippen LogP contribution is 2.43. The van der Waals surface area contributed by atoms with Gasteiger partial charge in [-0.15, -0.1) is 0 Å². The second kappa shape index (κ2) is 7.21. The minimum Gasteiger partial charge on any atom is -0.508 e. The van der Waals surface area contributed by atoms with Crippen molar-refractivity contribution in [3.05, 3.63) is 76.8 Å². The van der Waals surface area contributed by atoms with E-state index in [1.807, 2.05) is 62.4 Å². The number of nitrogens with zero attached hydrogens (tertiary/aromatic N) is 2. The van der Waals surface area contributed by atoms with Gasteiger partial charge in [-0.3, -0.25) is 9.69 Å². The van der Waals surface area contributed by atoms with Gasteiger partial charge < -0.3 is 10.0 Å². The molecule has 5 heteroatoms. The topological polar surface area (TPSA) is 43.8 Å². The van der Waals surface area contributed by atoms with Crippen LogP contribution in [0.4, 0.5) is 22.7 Å². The molecule has 1 aliphatic heterocycles. The lowest BCUT2D eigenvalue weighted by atomic mass is 10.1. The van der Waals surface area contributed by atoms with Gasteiger partial charge in [0, 0.05) is 23.7 Å². The van der Waals surface area contributed by atoms with Crippen molar-refractivity contribution in [1.82, 2.24) is 0 Å². The Morgan fingerprint density at radius 1 is 0.893 bits per heavy atom. The van der Waals surface area contributed by atoms with E-state index in [0.717, 1.165) is 33.9 Å². The minimum atomic E-state index is 0.0403. The number of phenols is 1. The zero-order valence-electron chi connectivity index (χ0n) is 15.8. The zero-order chi connectivity index (χ0) is 19.8. The first kappa shape index (κ1) is 18.4. The van der Waals surface area contributed by atoms with Gasteiger partial charge in [0.1, 0.15) is 5.75 Å². The van der Waals surface area contributed by atoms with Crippen LogP contribution in [0.3, 0.4) is 0 Å². The third kappa shape index (κ3) is 3.32. The van der Waals surface area contributed by atoms with Crippen LogP contribution >= 0.6 is 11.6 Å². The molecule has 1 N–H and O–H groups in total. The Kier molecular flexibility index (Phi) is 4.73. The van der Waals surface area contributed by atoms with Crippen LogP contribution in [-0.4, -0.2) is 17.6 Å². The Hall–Kier alpha value is -2.98. The molecule has 0 aromatic heterocycles. The van der Waals surface area contributed by atoms with Gasteiger partial charge in [0.25, 0.3) is 0 Å². The van der Waals surface area contributed by atoms with Gasteiger partial charge >= 0.3 is 0 Å². The first-order valence-electron chi connectivity index (χ1n) is 9.20. The van der Waals surface area contributed by atoms with E-state index in [-0.39, 0.29) is 11.7 Å². The number of benzene rings is 3. The monoisotopic (exact) mass is 392 g/mol. The number of anilines is 4. The third-order valence-corrected chi connectivity index (χ3v) is 5.27. The number of fused-ring (bicyclic) bond motifs is 1. The standard InChI is InChI=1S/C23H21ClN2O2/c1-15-3-4-16(2)21(13-15)26-20-10-5-17(24)14-22(20)25(12-11-23(26)28)18-6-8-19(27)9-7-18/h3-10,13-14,27H,11-12H2,1-2H3. The Morgan fingerprint density at radius 3 is 2.39 bits per heavy atom. The van der Waals surface area contributed by atoms with E-state index in [9.17, 15) is 9.90 Å². The summed E-state index contributed by atoms with van der Waals surface area (Å²) in [5.41, 5.74) is 5.60. The summed E-state index contributed by atoms with van der Waals surface area (Å²) >= 11 is 6.32. The predicted octanol–water partition coefficient (Wildman–Crippen LogP) is 5.87. The maximum absolute atomic E-state index is 13.2. The molecule has 0 spiro atoms. The normalized spacial score (nSPS) is 14.0. The molecule has 142 valence electrons. The van der Waals surface area contributed by atoms with E-state index in [2.05, 4.69) is 4.90 Å². The maximum Gasteiger partial charge on any atom is 0.233 e. The Bertz CT molecular complexity index is 1050. The first-order chi connectivity index (χ1) is 13.4. The van der Waals surface area contributed by atoms with E-state index in [4.69, 9.17) is 11.6 Å². The van der Waals surface area contributed by atoms with E-state index in [1.165, 1.54) is 0 Å². The second-order valence-corrected chi connectivity index (χ2v) is 7.51. The SMILES string of the molecule is Cc1ccc(C)c(N2C(=O)CCN(c3ccc(O)cc3)c3cc(Cl)ccc32)c1. The molecule has 1 aliphatic rings. The van der Waals surface area contributed by atoms with E-state index in [0.29, 0.717) is 18.0 Å². The van der Waals surface area contributed by atoms with Crippen LogP contribution in [0.15, 0.2) is 60.7 Å². The van der Waals surface area contributed by atoms with Crippen molar-refractivity contribution in [2.45, 2.75) is 20.3 Å². The van der Waals surface area contributed by atoms with Crippen LogP contribution in [0.2, 0.25) is 5.02 Å². The lowest BCUT2D eigenvalue weighted by molar-refractivity contribution is -0.117. The molecule has 0 saturated heterocycles. The molecule has 0 fully saturated rings. The number of carbonyl (C=O) groups excluding carboxylic acids is 1. The molecule has 0 bridgehead atoms. The van der Waals surface area contributed by atoms with Gasteiger partial charge in [-0.25, -0.2) is 0 Å². The van der Waals surface area contributed by atoms with Gasteiger partial charge in [0.2, 0.25) is 5.91 Å². The molecule has 0 atom stereocenters. The lowest BCUT2D eigenvalue weighted by Gasteiger charge is -2.28. The Labute approximate surface area is 169 Å². The van der Waals surface area contributed by atoms with Crippen molar-refractivity contribution < 1.29 is 9.90 Å². The average Bonchev–Trinajstić information content (AvgIpc) is 2.81. The van der Waals surface area contributed by atoms with Crippen molar-refractivity contribution in [2.75, 3.05) is 16.3 Å². The Balaban J connectivity index is 1.91. The van der Waals surface area contributed by atoms with E-state index >= 15 is 0 Å². The van der Waals surface area contributed by atoms with E-state index < -0.39 is 0 Å². The van der Waals surface area contributed by atoms with Crippen LogP contribution in [0.1, 0.15) is 17.5 Å².